The lowest BCUT2D eigenvalue weighted by Gasteiger charge is -2.28. The van der Waals surface area contributed by atoms with Gasteiger partial charge in [0, 0.05) is 25.4 Å². The standard InChI is InChI=1S/C37H64N12O8/c1-7-21(5)29(31(39)52)48-35(56)27(17-23-11-14-42-15-12-23)47-33(54)25(10-9-13-43-37(40)41)45-28(51)18-44-36(57)30(22(6)8-2)49-34(55)26(16-20(3)4)46-32(53)24(38)19-50/h11-12,14-15,20-22,24-27,29-30,50H,7-10,13,16-19,38H2,1-6H3,(H2,39,52)(H,44,57)(H,45,51)(H,46,53)(H,47,54)(H,48,56)(H,49,55)(H4,40,41,43)/t21-,22-,24-,25-,26-,27-,29-,30-/m0/s1. The number of aliphatic hydroxyl groups excluding tert-OH is 1. The number of carbonyl (C=O) groups excluding carboxylic acids is 7. The number of nitrogens with two attached hydrogens (primary N) is 4. The fourth-order valence-corrected chi connectivity index (χ4v) is 5.53. The Balaban J connectivity index is 3.24. The topological polar surface area (TPSA) is 341 Å². The van der Waals surface area contributed by atoms with Gasteiger partial charge in [-0.1, -0.05) is 54.4 Å². The number of nitrogens with zero attached hydrogens (tertiary/aromatic N) is 2. The van der Waals surface area contributed by atoms with Gasteiger partial charge in [0.1, 0.15) is 36.3 Å². The van der Waals surface area contributed by atoms with E-state index in [9.17, 15) is 38.7 Å². The second-order valence-electron chi connectivity index (χ2n) is 14.5. The lowest BCUT2D eigenvalue weighted by molar-refractivity contribution is -0.135. The zero-order chi connectivity index (χ0) is 43.2. The number of pyridine rings is 1. The Labute approximate surface area is 334 Å². The van der Waals surface area contributed by atoms with Gasteiger partial charge in [-0.2, -0.15) is 0 Å². The van der Waals surface area contributed by atoms with E-state index in [1.807, 2.05) is 27.7 Å². The zero-order valence-corrected chi connectivity index (χ0v) is 33.9. The SMILES string of the molecule is CC[C@H](C)[C@H](NC(=O)[C@H](Cc1ccncc1)NC(=O)[C@H](CCCN=C(N)N)NC(=O)CNC(=O)[C@@H](NC(=O)[C@H](CC(C)C)NC(=O)[C@@H](N)CO)[C@@H](C)CC)C(N)=O. The molecule has 7 amide bonds. The number of aliphatic imine (C=N–C) groups is 1. The minimum Gasteiger partial charge on any atom is -0.394 e. The van der Waals surface area contributed by atoms with Crippen LogP contribution in [0.25, 0.3) is 0 Å². The van der Waals surface area contributed by atoms with Crippen LogP contribution in [-0.2, 0) is 40.0 Å². The fourth-order valence-electron chi connectivity index (χ4n) is 5.53. The summed E-state index contributed by atoms with van der Waals surface area (Å²) in [6.07, 6.45) is 4.53. The molecule has 1 aromatic heterocycles. The first-order valence-corrected chi connectivity index (χ1v) is 19.2. The van der Waals surface area contributed by atoms with Gasteiger partial charge in [-0.3, -0.25) is 43.5 Å². The molecule has 20 nitrogen and oxygen atoms in total. The minimum absolute atomic E-state index is 0.00940. The van der Waals surface area contributed by atoms with Crippen LogP contribution in [0.4, 0.5) is 0 Å². The zero-order valence-electron chi connectivity index (χ0n) is 33.9. The summed E-state index contributed by atoms with van der Waals surface area (Å²) in [5.41, 5.74) is 22.7. The molecule has 0 spiro atoms. The lowest BCUT2D eigenvalue weighted by Crippen LogP contribution is -2.59. The Morgan fingerprint density at radius 3 is 1.82 bits per heavy atom. The van der Waals surface area contributed by atoms with Crippen molar-refractivity contribution in [2.45, 2.75) is 116 Å². The third-order valence-electron chi connectivity index (χ3n) is 9.33. The molecule has 1 rings (SSSR count). The molecule has 8 atom stereocenters. The Morgan fingerprint density at radius 1 is 0.737 bits per heavy atom. The molecule has 0 radical (unpaired) electrons. The van der Waals surface area contributed by atoms with Crippen molar-refractivity contribution in [1.82, 2.24) is 36.9 Å². The maximum atomic E-state index is 13.8. The van der Waals surface area contributed by atoms with E-state index in [-0.39, 0.29) is 50.0 Å². The molecule has 320 valence electrons. The highest BCUT2D eigenvalue weighted by Crippen LogP contribution is 2.12. The van der Waals surface area contributed by atoms with Crippen molar-refractivity contribution >= 4 is 47.3 Å². The predicted molar refractivity (Wildman–Crippen MR) is 213 cm³/mol. The van der Waals surface area contributed by atoms with Gasteiger partial charge in [0.15, 0.2) is 5.96 Å². The molecule has 0 saturated carbocycles. The van der Waals surface area contributed by atoms with Crippen LogP contribution in [0.3, 0.4) is 0 Å². The molecular weight excluding hydrogens is 740 g/mol. The van der Waals surface area contributed by atoms with E-state index in [4.69, 9.17) is 22.9 Å². The van der Waals surface area contributed by atoms with Gasteiger partial charge < -0.3 is 59.9 Å². The van der Waals surface area contributed by atoms with Gasteiger partial charge in [-0.25, -0.2) is 0 Å². The molecule has 20 heteroatoms. The predicted octanol–water partition coefficient (Wildman–Crippen LogP) is -2.84. The summed E-state index contributed by atoms with van der Waals surface area (Å²) in [7, 11) is 0. The summed E-state index contributed by atoms with van der Waals surface area (Å²) >= 11 is 0. The summed E-state index contributed by atoms with van der Waals surface area (Å²) in [5.74, 6) is -5.90. The molecule has 0 aliphatic heterocycles. The number of rotatable bonds is 26. The smallest absolute Gasteiger partial charge is 0.243 e. The van der Waals surface area contributed by atoms with Crippen LogP contribution >= 0.6 is 0 Å². The highest BCUT2D eigenvalue weighted by molar-refractivity contribution is 5.96. The van der Waals surface area contributed by atoms with Crippen LogP contribution < -0.4 is 54.8 Å². The maximum Gasteiger partial charge on any atom is 0.243 e. The van der Waals surface area contributed by atoms with Gasteiger partial charge in [0.05, 0.1) is 13.2 Å². The van der Waals surface area contributed by atoms with Crippen LogP contribution in [0.15, 0.2) is 29.5 Å². The Morgan fingerprint density at radius 2 is 1.28 bits per heavy atom. The van der Waals surface area contributed by atoms with E-state index in [2.05, 4.69) is 41.9 Å². The molecular formula is C37H64N12O8. The molecule has 0 aliphatic carbocycles. The van der Waals surface area contributed by atoms with Crippen molar-refractivity contribution in [2.75, 3.05) is 19.7 Å². The number of aliphatic hydroxyl groups is 1. The first kappa shape index (κ1) is 49.6. The first-order valence-electron chi connectivity index (χ1n) is 19.2. The van der Waals surface area contributed by atoms with Crippen LogP contribution in [0.2, 0.25) is 0 Å². The van der Waals surface area contributed by atoms with Crippen LogP contribution in [0, 0.1) is 17.8 Å². The number of primary amides is 1. The molecule has 0 fully saturated rings. The lowest BCUT2D eigenvalue weighted by atomic mass is 9.96. The van der Waals surface area contributed by atoms with Crippen molar-refractivity contribution in [2.24, 2.45) is 45.7 Å². The Kier molecular flexibility index (Phi) is 22.4. The third kappa shape index (κ3) is 18.4. The normalized spacial score (nSPS) is 15.2. The number of carbonyl (C=O) groups is 7. The van der Waals surface area contributed by atoms with Crippen LogP contribution in [0.1, 0.15) is 79.2 Å². The minimum atomic E-state index is -1.25. The van der Waals surface area contributed by atoms with Gasteiger partial charge in [0.2, 0.25) is 41.4 Å². The van der Waals surface area contributed by atoms with Gasteiger partial charge in [0.25, 0.3) is 0 Å². The van der Waals surface area contributed by atoms with Gasteiger partial charge >= 0.3 is 0 Å². The number of guanidine groups is 1. The summed E-state index contributed by atoms with van der Waals surface area (Å²) in [4.78, 5) is 100. The average Bonchev–Trinajstić information content (AvgIpc) is 3.17. The molecule has 0 saturated heterocycles. The number of aromatic nitrogens is 1. The Bertz CT molecular complexity index is 1510. The quantitative estimate of drug-likeness (QED) is 0.0256. The summed E-state index contributed by atoms with van der Waals surface area (Å²) in [5, 5.41) is 24.9. The van der Waals surface area contributed by atoms with E-state index >= 15 is 0 Å². The summed E-state index contributed by atoms with van der Waals surface area (Å²) in [6, 6.07) is -3.54. The van der Waals surface area contributed by atoms with Crippen LogP contribution in [-0.4, -0.2) is 113 Å². The second-order valence-corrected chi connectivity index (χ2v) is 14.5. The number of nitrogens with one attached hydrogen (secondary N) is 6. The Hall–Kier alpha value is -5.37. The second kappa shape index (κ2) is 25.7. The number of hydrogen-bond acceptors (Lipinski definition) is 11. The van der Waals surface area contributed by atoms with E-state index in [1.54, 1.807) is 26.0 Å². The number of hydrogen-bond donors (Lipinski definition) is 11. The largest absolute Gasteiger partial charge is 0.394 e. The van der Waals surface area contributed by atoms with Crippen molar-refractivity contribution in [3.63, 3.8) is 0 Å². The van der Waals surface area contributed by atoms with Crippen molar-refractivity contribution in [3.05, 3.63) is 30.1 Å². The third-order valence-corrected chi connectivity index (χ3v) is 9.33. The molecule has 1 aromatic rings. The molecule has 0 aliphatic rings. The van der Waals surface area contributed by atoms with Gasteiger partial charge in [-0.15, -0.1) is 0 Å². The van der Waals surface area contributed by atoms with E-state index in [0.717, 1.165) is 0 Å². The number of amides is 7. The maximum absolute atomic E-state index is 13.8. The van der Waals surface area contributed by atoms with Crippen molar-refractivity contribution < 1.29 is 38.7 Å². The van der Waals surface area contributed by atoms with Crippen molar-refractivity contribution in [1.29, 1.82) is 0 Å². The molecule has 57 heavy (non-hydrogen) atoms. The monoisotopic (exact) mass is 804 g/mol. The van der Waals surface area contributed by atoms with E-state index < -0.39 is 96.7 Å². The molecule has 15 N–H and O–H groups in total. The summed E-state index contributed by atoms with van der Waals surface area (Å²) < 4.78 is 0. The molecule has 0 unspecified atom stereocenters. The summed E-state index contributed by atoms with van der Waals surface area (Å²) in [6.45, 7) is 9.72. The highest BCUT2D eigenvalue weighted by atomic mass is 16.3. The average molecular weight is 805 g/mol. The van der Waals surface area contributed by atoms with Gasteiger partial charge in [-0.05, 0) is 54.7 Å². The van der Waals surface area contributed by atoms with E-state index in [0.29, 0.717) is 18.4 Å². The first-order chi connectivity index (χ1) is 26.8. The van der Waals surface area contributed by atoms with E-state index in [1.165, 1.54) is 12.4 Å². The molecule has 0 aromatic carbocycles. The molecule has 1 heterocycles. The highest BCUT2D eigenvalue weighted by Gasteiger charge is 2.33. The van der Waals surface area contributed by atoms with Crippen LogP contribution in [0.5, 0.6) is 0 Å². The molecule has 0 bridgehead atoms. The fraction of sp³-hybridized carbons (Fsp3) is 0.649. The van der Waals surface area contributed by atoms with Crippen molar-refractivity contribution in [3.8, 4) is 0 Å².